The van der Waals surface area contributed by atoms with Gasteiger partial charge >= 0.3 is 0 Å². The summed E-state index contributed by atoms with van der Waals surface area (Å²) in [6.45, 7) is 0. The summed E-state index contributed by atoms with van der Waals surface area (Å²) in [6, 6.07) is 3.58. The van der Waals surface area contributed by atoms with Crippen LogP contribution in [0.1, 0.15) is 5.56 Å². The minimum Gasteiger partial charge on any atom is -0.303 e. The molecule has 0 N–H and O–H groups in total. The van der Waals surface area contributed by atoms with Crippen LogP contribution in [0, 0.1) is 0 Å². The van der Waals surface area contributed by atoms with Crippen LogP contribution in [-0.4, -0.2) is 31.5 Å². The Kier molecular flexibility index (Phi) is 2.26. The van der Waals surface area contributed by atoms with Gasteiger partial charge in [0.2, 0.25) is 0 Å². The second-order valence-corrected chi connectivity index (χ2v) is 2.65. The molecule has 14 heavy (non-hydrogen) atoms. The molecule has 0 spiro atoms. The molecule has 0 aliphatic carbocycles. The van der Waals surface area contributed by atoms with Gasteiger partial charge in [0.05, 0.1) is 0 Å². The van der Waals surface area contributed by atoms with E-state index in [0.717, 1.165) is 11.8 Å². The minimum atomic E-state index is 0.378. The number of carbonyl (C=O) groups excluding carboxylic acids is 1. The fourth-order valence-electron chi connectivity index (χ4n) is 1.04. The monoisotopic (exact) mass is 189 g/mol. The molecule has 0 aliphatic heterocycles. The first-order chi connectivity index (χ1) is 6.90. The summed E-state index contributed by atoms with van der Waals surface area (Å²) in [4.78, 5) is 14.3. The lowest BCUT2D eigenvalue weighted by molar-refractivity contribution is -0.107. The molecule has 0 aromatic carbocycles. The maximum Gasteiger partial charge on any atom is 0.156 e. The molecule has 2 aromatic rings. The molecule has 0 bridgehead atoms. The SMILES string of the molecule is O=CCc1ccc(-n2cnnn2)nc1. The fraction of sp³-hybridized carbons (Fsp3) is 0.125. The first-order valence-corrected chi connectivity index (χ1v) is 4.02. The maximum atomic E-state index is 10.2. The molecule has 0 unspecified atom stereocenters. The molecule has 6 nitrogen and oxygen atoms in total. The van der Waals surface area contributed by atoms with Crippen LogP contribution in [-0.2, 0) is 11.2 Å². The molecule has 0 saturated heterocycles. The Morgan fingerprint density at radius 1 is 1.43 bits per heavy atom. The molecule has 2 aromatic heterocycles. The highest BCUT2D eigenvalue weighted by Gasteiger charge is 1.98. The van der Waals surface area contributed by atoms with Gasteiger partial charge in [0, 0.05) is 12.6 Å². The summed E-state index contributed by atoms with van der Waals surface area (Å²) in [5, 5.41) is 10.7. The highest BCUT2D eigenvalue weighted by Crippen LogP contribution is 2.02. The number of carbonyl (C=O) groups is 1. The number of hydrogen-bond donors (Lipinski definition) is 0. The first kappa shape index (κ1) is 8.49. The summed E-state index contributed by atoms with van der Waals surface area (Å²) in [7, 11) is 0. The molecule has 0 aliphatic rings. The second-order valence-electron chi connectivity index (χ2n) is 2.65. The van der Waals surface area contributed by atoms with Crippen LogP contribution in [0.25, 0.3) is 5.82 Å². The Labute approximate surface area is 79.6 Å². The molecule has 0 amide bonds. The molecule has 0 saturated carbocycles. The molecule has 2 rings (SSSR count). The van der Waals surface area contributed by atoms with Gasteiger partial charge in [-0.05, 0) is 22.1 Å². The normalized spacial score (nSPS) is 10.0. The van der Waals surface area contributed by atoms with Gasteiger partial charge in [-0.3, -0.25) is 0 Å². The second kappa shape index (κ2) is 3.73. The van der Waals surface area contributed by atoms with Gasteiger partial charge in [-0.2, -0.15) is 4.68 Å². The minimum absolute atomic E-state index is 0.378. The molecular weight excluding hydrogens is 182 g/mol. The number of nitrogens with zero attached hydrogens (tertiary/aromatic N) is 5. The summed E-state index contributed by atoms with van der Waals surface area (Å²) < 4.78 is 1.45. The Hall–Kier alpha value is -2.11. The van der Waals surface area contributed by atoms with Crippen molar-refractivity contribution in [3.05, 3.63) is 30.2 Å². The molecular formula is C8H7N5O. The van der Waals surface area contributed by atoms with Gasteiger partial charge in [-0.25, -0.2) is 4.98 Å². The average Bonchev–Trinajstić information content (AvgIpc) is 2.72. The van der Waals surface area contributed by atoms with Crippen LogP contribution < -0.4 is 0 Å². The molecule has 0 atom stereocenters. The molecule has 2 heterocycles. The number of aromatic nitrogens is 5. The van der Waals surface area contributed by atoms with E-state index in [-0.39, 0.29) is 0 Å². The van der Waals surface area contributed by atoms with E-state index in [2.05, 4.69) is 20.5 Å². The first-order valence-electron chi connectivity index (χ1n) is 4.02. The Bertz CT molecular complexity index is 408. The lowest BCUT2D eigenvalue weighted by Crippen LogP contribution is -1.99. The third-order valence-corrected chi connectivity index (χ3v) is 1.71. The van der Waals surface area contributed by atoms with Crippen LogP contribution in [0.15, 0.2) is 24.7 Å². The van der Waals surface area contributed by atoms with E-state index in [4.69, 9.17) is 0 Å². The van der Waals surface area contributed by atoms with Crippen molar-refractivity contribution in [1.82, 2.24) is 25.2 Å². The highest BCUT2D eigenvalue weighted by atomic mass is 16.1. The Morgan fingerprint density at radius 3 is 2.93 bits per heavy atom. The Morgan fingerprint density at radius 2 is 2.36 bits per heavy atom. The predicted molar refractivity (Wildman–Crippen MR) is 46.7 cm³/mol. The molecule has 6 heteroatoms. The zero-order chi connectivity index (χ0) is 9.80. The number of rotatable bonds is 3. The quantitative estimate of drug-likeness (QED) is 0.625. The number of pyridine rings is 1. The van der Waals surface area contributed by atoms with E-state index in [1.54, 1.807) is 12.3 Å². The van der Waals surface area contributed by atoms with Gasteiger partial charge in [0.15, 0.2) is 5.82 Å². The smallest absolute Gasteiger partial charge is 0.156 e. The van der Waals surface area contributed by atoms with Gasteiger partial charge in [0.25, 0.3) is 0 Å². The van der Waals surface area contributed by atoms with Crippen LogP contribution in [0.3, 0.4) is 0 Å². The van der Waals surface area contributed by atoms with Gasteiger partial charge in [-0.15, -0.1) is 5.10 Å². The van der Waals surface area contributed by atoms with Crippen molar-refractivity contribution in [2.24, 2.45) is 0 Å². The van der Waals surface area contributed by atoms with Crippen molar-refractivity contribution in [3.8, 4) is 5.82 Å². The van der Waals surface area contributed by atoms with Crippen LogP contribution >= 0.6 is 0 Å². The zero-order valence-electron chi connectivity index (χ0n) is 7.24. The van der Waals surface area contributed by atoms with Crippen molar-refractivity contribution in [1.29, 1.82) is 0 Å². The van der Waals surface area contributed by atoms with Crippen LogP contribution in [0.5, 0.6) is 0 Å². The topological polar surface area (TPSA) is 73.6 Å². The van der Waals surface area contributed by atoms with Gasteiger partial charge in [0.1, 0.15) is 12.6 Å². The zero-order valence-corrected chi connectivity index (χ0v) is 7.24. The van der Waals surface area contributed by atoms with Gasteiger partial charge < -0.3 is 4.79 Å². The summed E-state index contributed by atoms with van der Waals surface area (Å²) >= 11 is 0. The molecule has 0 radical (unpaired) electrons. The number of hydrogen-bond acceptors (Lipinski definition) is 5. The third kappa shape index (κ3) is 1.63. The van der Waals surface area contributed by atoms with Crippen molar-refractivity contribution in [2.75, 3.05) is 0 Å². The average molecular weight is 189 g/mol. The number of aldehydes is 1. The summed E-state index contributed by atoms with van der Waals surface area (Å²) in [5.74, 6) is 0.629. The van der Waals surface area contributed by atoms with Crippen molar-refractivity contribution in [2.45, 2.75) is 6.42 Å². The van der Waals surface area contributed by atoms with E-state index >= 15 is 0 Å². The highest BCUT2D eigenvalue weighted by molar-refractivity contribution is 5.54. The van der Waals surface area contributed by atoms with Crippen molar-refractivity contribution < 1.29 is 4.79 Å². The number of tetrazole rings is 1. The predicted octanol–water partition coefficient (Wildman–Crippen LogP) is -0.201. The lowest BCUT2D eigenvalue weighted by Gasteiger charge is -1.98. The van der Waals surface area contributed by atoms with Crippen molar-refractivity contribution >= 4 is 6.29 Å². The largest absolute Gasteiger partial charge is 0.303 e. The standard InChI is InChI=1S/C8H7N5O/c14-4-3-7-1-2-8(9-5-7)13-6-10-11-12-13/h1-2,4-6H,3H2. The lowest BCUT2D eigenvalue weighted by atomic mass is 10.2. The summed E-state index contributed by atoms with van der Waals surface area (Å²) in [6.07, 6.45) is 4.31. The van der Waals surface area contributed by atoms with E-state index in [1.165, 1.54) is 11.0 Å². The van der Waals surface area contributed by atoms with Gasteiger partial charge in [-0.1, -0.05) is 6.07 Å². The van der Waals surface area contributed by atoms with Crippen LogP contribution in [0.2, 0.25) is 0 Å². The van der Waals surface area contributed by atoms with E-state index < -0.39 is 0 Å². The third-order valence-electron chi connectivity index (χ3n) is 1.71. The van der Waals surface area contributed by atoms with Crippen LogP contribution in [0.4, 0.5) is 0 Å². The van der Waals surface area contributed by atoms with E-state index in [1.807, 2.05) is 6.07 Å². The fourth-order valence-corrected chi connectivity index (χ4v) is 1.04. The summed E-state index contributed by atoms with van der Waals surface area (Å²) in [5.41, 5.74) is 0.872. The Balaban J connectivity index is 2.26. The van der Waals surface area contributed by atoms with E-state index in [0.29, 0.717) is 12.2 Å². The molecule has 0 fully saturated rings. The molecule has 70 valence electrons. The van der Waals surface area contributed by atoms with Crippen molar-refractivity contribution in [3.63, 3.8) is 0 Å². The maximum absolute atomic E-state index is 10.2. The van der Waals surface area contributed by atoms with E-state index in [9.17, 15) is 4.79 Å².